The number of carbonyl (C=O) groups excluding carboxylic acids is 1. The van der Waals surface area contributed by atoms with Gasteiger partial charge in [0.25, 0.3) is 5.69 Å². The van der Waals surface area contributed by atoms with Gasteiger partial charge in [-0.15, -0.1) is 0 Å². The minimum atomic E-state index is -0.583. The van der Waals surface area contributed by atoms with Crippen LogP contribution in [0.15, 0.2) is 77.1 Å². The average molecular weight is 385 g/mol. The Morgan fingerprint density at radius 3 is 2.52 bits per heavy atom. The zero-order chi connectivity index (χ0) is 20.5. The van der Waals surface area contributed by atoms with Crippen LogP contribution < -0.4 is 5.32 Å². The SMILES string of the molecule is CC1=C(C#N)[C@@H](c2cccc([N+](=O)[O-])c2)C2=C(C[C@@H](c3ccccc3)CC2=O)N1. The second-order valence-corrected chi connectivity index (χ2v) is 7.39. The fourth-order valence-electron chi connectivity index (χ4n) is 4.30. The monoisotopic (exact) mass is 385 g/mol. The first-order valence-electron chi connectivity index (χ1n) is 9.43. The summed E-state index contributed by atoms with van der Waals surface area (Å²) in [4.78, 5) is 24.0. The third kappa shape index (κ3) is 3.32. The summed E-state index contributed by atoms with van der Waals surface area (Å²) in [6, 6.07) is 18.3. The fraction of sp³-hybridized carbons (Fsp3) is 0.217. The Bertz CT molecular complexity index is 1110. The number of non-ortho nitro benzene ring substituents is 1. The van der Waals surface area contributed by atoms with Gasteiger partial charge in [-0.25, -0.2) is 0 Å². The Hall–Kier alpha value is -3.72. The van der Waals surface area contributed by atoms with Crippen molar-refractivity contribution in [1.82, 2.24) is 5.32 Å². The lowest BCUT2D eigenvalue weighted by Crippen LogP contribution is -2.33. The lowest BCUT2D eigenvalue weighted by atomic mass is 9.72. The third-order valence-electron chi connectivity index (χ3n) is 5.63. The van der Waals surface area contributed by atoms with Crippen LogP contribution in [0.25, 0.3) is 0 Å². The summed E-state index contributed by atoms with van der Waals surface area (Å²) < 4.78 is 0. The molecule has 144 valence electrons. The average Bonchev–Trinajstić information content (AvgIpc) is 2.73. The van der Waals surface area contributed by atoms with E-state index in [9.17, 15) is 20.2 Å². The smallest absolute Gasteiger partial charge is 0.269 e. The van der Waals surface area contributed by atoms with Crippen molar-refractivity contribution in [3.05, 3.63) is 98.4 Å². The Balaban J connectivity index is 1.81. The van der Waals surface area contributed by atoms with Gasteiger partial charge in [-0.2, -0.15) is 5.26 Å². The number of Topliss-reactive ketones (excluding diaryl/α,β-unsaturated/α-hetero) is 1. The molecule has 2 aliphatic rings. The first kappa shape index (κ1) is 18.6. The second kappa shape index (κ2) is 7.36. The number of hydrogen-bond donors (Lipinski definition) is 1. The summed E-state index contributed by atoms with van der Waals surface area (Å²) in [6.45, 7) is 1.81. The Morgan fingerprint density at radius 1 is 1.10 bits per heavy atom. The molecule has 4 rings (SSSR count). The van der Waals surface area contributed by atoms with Gasteiger partial charge in [0, 0.05) is 35.5 Å². The predicted octanol–water partition coefficient (Wildman–Crippen LogP) is 4.48. The van der Waals surface area contributed by atoms with E-state index in [4.69, 9.17) is 0 Å². The molecule has 0 unspecified atom stereocenters. The van der Waals surface area contributed by atoms with E-state index < -0.39 is 10.8 Å². The van der Waals surface area contributed by atoms with Crippen LogP contribution in [0.2, 0.25) is 0 Å². The molecule has 6 heteroatoms. The number of nitro groups is 1. The first-order chi connectivity index (χ1) is 14.0. The maximum Gasteiger partial charge on any atom is 0.269 e. The van der Waals surface area contributed by atoms with Crippen LogP contribution in [-0.2, 0) is 4.79 Å². The second-order valence-electron chi connectivity index (χ2n) is 7.39. The van der Waals surface area contributed by atoms with Gasteiger partial charge in [0.2, 0.25) is 0 Å². The highest BCUT2D eigenvalue weighted by Gasteiger charge is 2.39. The lowest BCUT2D eigenvalue weighted by molar-refractivity contribution is -0.384. The minimum Gasteiger partial charge on any atom is -0.361 e. The van der Waals surface area contributed by atoms with Gasteiger partial charge in [0.1, 0.15) is 0 Å². The number of allylic oxidation sites excluding steroid dienone is 4. The van der Waals surface area contributed by atoms with E-state index in [0.29, 0.717) is 35.2 Å². The molecule has 0 fully saturated rings. The molecule has 2 atom stereocenters. The number of nitro benzene ring substituents is 1. The molecule has 1 N–H and O–H groups in total. The quantitative estimate of drug-likeness (QED) is 0.621. The molecule has 2 aromatic carbocycles. The zero-order valence-electron chi connectivity index (χ0n) is 15.9. The van der Waals surface area contributed by atoms with Crippen molar-refractivity contribution in [1.29, 1.82) is 5.26 Å². The fourth-order valence-corrected chi connectivity index (χ4v) is 4.30. The summed E-state index contributed by atoms with van der Waals surface area (Å²) in [5, 5.41) is 24.3. The van der Waals surface area contributed by atoms with E-state index in [-0.39, 0.29) is 17.4 Å². The molecule has 1 aliphatic heterocycles. The Kier molecular flexibility index (Phi) is 4.73. The van der Waals surface area contributed by atoms with Gasteiger partial charge < -0.3 is 5.32 Å². The Labute approximate surface area is 168 Å². The number of nitrogens with one attached hydrogen (secondary N) is 1. The summed E-state index contributed by atoms with van der Waals surface area (Å²) >= 11 is 0. The van der Waals surface area contributed by atoms with Gasteiger partial charge >= 0.3 is 0 Å². The molecule has 29 heavy (non-hydrogen) atoms. The van der Waals surface area contributed by atoms with Crippen molar-refractivity contribution in [2.45, 2.75) is 31.6 Å². The standard InChI is InChI=1S/C23H19N3O3/c1-14-19(13-24)22(16-8-5-9-18(10-16)26(28)29)23-20(25-14)11-17(12-21(23)27)15-6-3-2-4-7-15/h2-10,17,22,25H,11-12H2,1H3/t17-,22-/m1/s1. The molecule has 0 amide bonds. The van der Waals surface area contributed by atoms with Crippen molar-refractivity contribution >= 4 is 11.5 Å². The molecule has 0 bridgehead atoms. The molecule has 0 spiro atoms. The number of nitrogens with zero attached hydrogens (tertiary/aromatic N) is 2. The molecule has 0 saturated heterocycles. The van der Waals surface area contributed by atoms with Crippen molar-refractivity contribution in [2.24, 2.45) is 0 Å². The third-order valence-corrected chi connectivity index (χ3v) is 5.63. The van der Waals surface area contributed by atoms with Crippen LogP contribution in [-0.4, -0.2) is 10.7 Å². The molecular formula is C23H19N3O3. The number of benzene rings is 2. The van der Waals surface area contributed by atoms with E-state index in [1.807, 2.05) is 37.3 Å². The van der Waals surface area contributed by atoms with Gasteiger partial charge in [0.15, 0.2) is 5.78 Å². The maximum atomic E-state index is 13.2. The van der Waals surface area contributed by atoms with Gasteiger partial charge in [-0.3, -0.25) is 14.9 Å². The van der Waals surface area contributed by atoms with E-state index >= 15 is 0 Å². The number of ketones is 1. The molecule has 1 aliphatic carbocycles. The highest BCUT2D eigenvalue weighted by molar-refractivity contribution is 6.00. The number of nitriles is 1. The van der Waals surface area contributed by atoms with E-state index in [0.717, 1.165) is 11.3 Å². The topological polar surface area (TPSA) is 96.0 Å². The summed E-state index contributed by atoms with van der Waals surface area (Å²) in [5.74, 6) is -0.540. The molecule has 0 radical (unpaired) electrons. The van der Waals surface area contributed by atoms with Gasteiger partial charge in [-0.05, 0) is 30.4 Å². The van der Waals surface area contributed by atoms with Gasteiger partial charge in [-0.1, -0.05) is 42.5 Å². The maximum absolute atomic E-state index is 13.2. The number of dihydropyridines is 1. The number of carbonyl (C=O) groups is 1. The van der Waals surface area contributed by atoms with Crippen LogP contribution in [0.4, 0.5) is 5.69 Å². The lowest BCUT2D eigenvalue weighted by Gasteiger charge is -2.35. The number of hydrogen-bond acceptors (Lipinski definition) is 5. The number of rotatable bonds is 3. The van der Waals surface area contributed by atoms with E-state index in [1.54, 1.807) is 12.1 Å². The van der Waals surface area contributed by atoms with Crippen LogP contribution in [0.3, 0.4) is 0 Å². The molecule has 0 saturated carbocycles. The Morgan fingerprint density at radius 2 is 1.83 bits per heavy atom. The largest absolute Gasteiger partial charge is 0.361 e. The van der Waals surface area contributed by atoms with Crippen molar-refractivity contribution < 1.29 is 9.72 Å². The van der Waals surface area contributed by atoms with Crippen molar-refractivity contribution in [3.63, 3.8) is 0 Å². The van der Waals surface area contributed by atoms with Gasteiger partial charge in [0.05, 0.1) is 22.5 Å². The molecule has 0 aromatic heterocycles. The normalized spacial score (nSPS) is 21.3. The molecular weight excluding hydrogens is 366 g/mol. The van der Waals surface area contributed by atoms with Crippen LogP contribution >= 0.6 is 0 Å². The van der Waals surface area contributed by atoms with Crippen LogP contribution in [0.5, 0.6) is 0 Å². The molecule has 2 aromatic rings. The molecule has 6 nitrogen and oxygen atoms in total. The predicted molar refractivity (Wildman–Crippen MR) is 108 cm³/mol. The van der Waals surface area contributed by atoms with Crippen LogP contribution in [0, 0.1) is 21.4 Å². The van der Waals surface area contributed by atoms with E-state index in [1.165, 1.54) is 12.1 Å². The molecule has 1 heterocycles. The minimum absolute atomic E-state index is 0.0237. The summed E-state index contributed by atoms with van der Waals surface area (Å²) in [5.41, 5.74) is 4.12. The summed E-state index contributed by atoms with van der Waals surface area (Å²) in [6.07, 6.45) is 1.01. The first-order valence-corrected chi connectivity index (χ1v) is 9.43. The highest BCUT2D eigenvalue weighted by atomic mass is 16.6. The zero-order valence-corrected chi connectivity index (χ0v) is 15.9. The summed E-state index contributed by atoms with van der Waals surface area (Å²) in [7, 11) is 0. The highest BCUT2D eigenvalue weighted by Crippen LogP contribution is 2.45. The van der Waals surface area contributed by atoms with E-state index in [2.05, 4.69) is 11.4 Å². The van der Waals surface area contributed by atoms with Crippen molar-refractivity contribution in [3.8, 4) is 6.07 Å². The van der Waals surface area contributed by atoms with Crippen LogP contribution in [0.1, 0.15) is 42.7 Å². The van der Waals surface area contributed by atoms with Crippen molar-refractivity contribution in [2.75, 3.05) is 0 Å².